The van der Waals surface area contributed by atoms with E-state index in [0.717, 1.165) is 0 Å². The van der Waals surface area contributed by atoms with Crippen LogP contribution >= 0.6 is 11.6 Å². The van der Waals surface area contributed by atoms with E-state index in [4.69, 9.17) is 10.8 Å². The molecule has 0 radical (unpaired) electrons. The highest BCUT2D eigenvalue weighted by Gasteiger charge is 2.39. The minimum Gasteiger partial charge on any atom is -0.480 e. The summed E-state index contributed by atoms with van der Waals surface area (Å²) in [5, 5.41) is 4.05. The number of carbonyl (C=O) groups is 1. The fraction of sp³-hybridized carbons (Fsp3) is 0.800. The van der Waals surface area contributed by atoms with Gasteiger partial charge in [-0.1, -0.05) is 0 Å². The Morgan fingerprint density at radius 1 is 1.67 bits per heavy atom. The van der Waals surface area contributed by atoms with Gasteiger partial charge in [0.25, 0.3) is 0 Å². The summed E-state index contributed by atoms with van der Waals surface area (Å²) in [5.41, 5.74) is 4.78. The van der Waals surface area contributed by atoms with Gasteiger partial charge in [-0.25, -0.2) is 4.39 Å². The van der Waals surface area contributed by atoms with Crippen LogP contribution in [0.3, 0.4) is 0 Å². The van der Waals surface area contributed by atoms with Gasteiger partial charge in [0, 0.05) is 6.42 Å². The van der Waals surface area contributed by atoms with Crippen LogP contribution in [-0.2, 0) is 4.79 Å². The van der Waals surface area contributed by atoms with Gasteiger partial charge >= 0.3 is 11.4 Å². The molecule has 0 heterocycles. The van der Waals surface area contributed by atoms with Crippen LogP contribution in [0.1, 0.15) is 6.42 Å². The van der Waals surface area contributed by atoms with Gasteiger partial charge in [0.1, 0.15) is 6.04 Å². The van der Waals surface area contributed by atoms with Crippen molar-refractivity contribution in [2.24, 2.45) is 5.73 Å². The molecule has 72 valence electrons. The molecule has 0 amide bonds. The van der Waals surface area contributed by atoms with Crippen LogP contribution < -0.4 is 5.73 Å². The Hall–Kier alpha value is -0.490. The lowest BCUT2D eigenvalue weighted by Gasteiger charge is -2.15. The zero-order valence-electron chi connectivity index (χ0n) is 5.81. The fourth-order valence-electron chi connectivity index (χ4n) is 0.457. The first kappa shape index (κ1) is 11.5. The SMILES string of the molecule is NC(CC(F)C(F)(F)Cl)C(=O)O. The molecule has 0 saturated carbocycles. The van der Waals surface area contributed by atoms with Gasteiger partial charge in [0.15, 0.2) is 6.17 Å². The molecule has 0 saturated heterocycles. The molecular weight excluding hydrogens is 199 g/mol. The minimum absolute atomic E-state index is 1.01. The normalized spacial score (nSPS) is 17.1. The summed E-state index contributed by atoms with van der Waals surface area (Å²) in [6, 6.07) is -1.66. The largest absolute Gasteiger partial charge is 0.480 e. The standard InChI is InChI=1S/C5H7ClF3NO2/c6-5(8,9)3(7)1-2(10)4(11)12/h2-3H,1,10H2,(H,11,12). The third kappa shape index (κ3) is 3.77. The molecule has 0 spiro atoms. The summed E-state index contributed by atoms with van der Waals surface area (Å²) in [6.07, 6.45) is -3.75. The van der Waals surface area contributed by atoms with E-state index < -0.39 is 30.0 Å². The minimum atomic E-state index is -4.06. The van der Waals surface area contributed by atoms with Crippen molar-refractivity contribution < 1.29 is 23.1 Å². The second-order valence-corrected chi connectivity index (χ2v) is 2.69. The Kier molecular flexibility index (Phi) is 3.79. The van der Waals surface area contributed by atoms with E-state index in [-0.39, 0.29) is 0 Å². The van der Waals surface area contributed by atoms with Crippen LogP contribution in [0.25, 0.3) is 0 Å². The zero-order chi connectivity index (χ0) is 9.94. The third-order valence-corrected chi connectivity index (χ3v) is 1.37. The Labute approximate surface area is 71.3 Å². The summed E-state index contributed by atoms with van der Waals surface area (Å²) in [7, 11) is 0. The average molecular weight is 206 g/mol. The molecule has 0 aromatic carbocycles. The molecule has 0 aromatic heterocycles. The molecule has 0 aliphatic heterocycles. The number of carboxylic acid groups (broad SMARTS) is 1. The first-order valence-electron chi connectivity index (χ1n) is 2.94. The lowest BCUT2D eigenvalue weighted by molar-refractivity contribution is -0.139. The van der Waals surface area contributed by atoms with Gasteiger partial charge in [-0.05, 0) is 11.6 Å². The molecule has 3 N–H and O–H groups in total. The highest BCUT2D eigenvalue weighted by molar-refractivity contribution is 6.22. The van der Waals surface area contributed by atoms with Crippen molar-refractivity contribution in [1.29, 1.82) is 0 Å². The van der Waals surface area contributed by atoms with Gasteiger partial charge in [-0.15, -0.1) is 0 Å². The number of carboxylic acids is 1. The molecule has 0 fully saturated rings. The predicted octanol–water partition coefficient (Wildman–Crippen LogP) is 0.958. The first-order chi connectivity index (χ1) is 5.25. The summed E-state index contributed by atoms with van der Waals surface area (Å²) in [6.45, 7) is 0. The highest BCUT2D eigenvalue weighted by atomic mass is 35.5. The summed E-state index contributed by atoms with van der Waals surface area (Å²) in [5.74, 6) is -1.54. The van der Waals surface area contributed by atoms with Crippen LogP contribution in [0, 0.1) is 0 Å². The molecule has 3 nitrogen and oxygen atoms in total. The average Bonchev–Trinajstić information content (AvgIpc) is 1.85. The second-order valence-electron chi connectivity index (χ2n) is 2.19. The van der Waals surface area contributed by atoms with Gasteiger partial charge in [0.05, 0.1) is 0 Å². The first-order valence-corrected chi connectivity index (χ1v) is 3.32. The van der Waals surface area contributed by atoms with Crippen molar-refractivity contribution in [2.75, 3.05) is 0 Å². The van der Waals surface area contributed by atoms with E-state index >= 15 is 0 Å². The molecule has 12 heavy (non-hydrogen) atoms. The van der Waals surface area contributed by atoms with Crippen LogP contribution in [0.2, 0.25) is 0 Å². The summed E-state index contributed by atoms with van der Waals surface area (Å²) >= 11 is 4.28. The van der Waals surface area contributed by atoms with E-state index in [1.54, 1.807) is 0 Å². The maximum atomic E-state index is 12.3. The lowest BCUT2D eigenvalue weighted by atomic mass is 10.1. The molecule has 2 atom stereocenters. The van der Waals surface area contributed by atoms with Crippen LogP contribution in [0.5, 0.6) is 0 Å². The molecule has 0 aromatic rings. The van der Waals surface area contributed by atoms with E-state index in [0.29, 0.717) is 0 Å². The summed E-state index contributed by atoms with van der Waals surface area (Å²) in [4.78, 5) is 9.98. The van der Waals surface area contributed by atoms with Gasteiger partial charge in [0.2, 0.25) is 0 Å². The van der Waals surface area contributed by atoms with Gasteiger partial charge in [-0.3, -0.25) is 4.79 Å². The van der Waals surface area contributed by atoms with Crippen LogP contribution in [0.4, 0.5) is 13.2 Å². The number of hydrogen-bond donors (Lipinski definition) is 2. The third-order valence-electron chi connectivity index (χ3n) is 1.13. The molecule has 0 rings (SSSR count). The molecule has 0 aliphatic carbocycles. The fourth-order valence-corrected chi connectivity index (χ4v) is 0.546. The topological polar surface area (TPSA) is 63.3 Å². The van der Waals surface area contributed by atoms with Crippen molar-refractivity contribution in [3.05, 3.63) is 0 Å². The summed E-state index contributed by atoms with van der Waals surface area (Å²) < 4.78 is 36.1. The number of alkyl halides is 4. The molecular formula is C5H7ClF3NO2. The lowest BCUT2D eigenvalue weighted by Crippen LogP contribution is -2.37. The smallest absolute Gasteiger partial charge is 0.352 e. The van der Waals surface area contributed by atoms with Crippen molar-refractivity contribution in [1.82, 2.24) is 0 Å². The maximum absolute atomic E-state index is 12.3. The second kappa shape index (κ2) is 3.95. The Balaban J connectivity index is 4.01. The number of hydrogen-bond acceptors (Lipinski definition) is 2. The maximum Gasteiger partial charge on any atom is 0.352 e. The Morgan fingerprint density at radius 3 is 2.33 bits per heavy atom. The number of nitrogens with two attached hydrogens (primary N) is 1. The Bertz CT molecular complexity index is 173. The van der Waals surface area contributed by atoms with Crippen molar-refractivity contribution in [3.63, 3.8) is 0 Å². The van der Waals surface area contributed by atoms with Crippen LogP contribution in [-0.4, -0.2) is 28.7 Å². The van der Waals surface area contributed by atoms with Crippen molar-refractivity contribution >= 4 is 17.6 Å². The quantitative estimate of drug-likeness (QED) is 0.672. The molecule has 0 aliphatic rings. The van der Waals surface area contributed by atoms with E-state index in [2.05, 4.69) is 11.6 Å². The van der Waals surface area contributed by atoms with Gasteiger partial charge < -0.3 is 10.8 Å². The molecule has 0 bridgehead atoms. The van der Waals surface area contributed by atoms with E-state index in [9.17, 15) is 18.0 Å². The highest BCUT2D eigenvalue weighted by Crippen LogP contribution is 2.28. The predicted molar refractivity (Wildman–Crippen MR) is 35.9 cm³/mol. The molecule has 2 unspecified atom stereocenters. The number of halogens is 4. The Morgan fingerprint density at radius 2 is 2.08 bits per heavy atom. The monoisotopic (exact) mass is 205 g/mol. The van der Waals surface area contributed by atoms with Crippen LogP contribution in [0.15, 0.2) is 0 Å². The van der Waals surface area contributed by atoms with Gasteiger partial charge in [-0.2, -0.15) is 8.78 Å². The zero-order valence-corrected chi connectivity index (χ0v) is 6.56. The van der Waals surface area contributed by atoms with Crippen molar-refractivity contribution in [2.45, 2.75) is 24.0 Å². The molecule has 7 heteroatoms. The number of aliphatic carboxylic acids is 1. The van der Waals surface area contributed by atoms with Crippen molar-refractivity contribution in [3.8, 4) is 0 Å². The van der Waals surface area contributed by atoms with E-state index in [1.807, 2.05) is 0 Å². The van der Waals surface area contributed by atoms with E-state index in [1.165, 1.54) is 0 Å². The number of rotatable bonds is 4.